The van der Waals surface area contributed by atoms with E-state index in [1.165, 1.54) is 32.0 Å². The standard InChI is InChI=1S/C18H24As2O2/c1-21-17-9-5-3-7-15(17)13-19-11-12-20-14-16-8-4-6-10-18(16)22-2/h3-10,19-20H,11-14H2,1-2H3. The van der Waals surface area contributed by atoms with Crippen molar-refractivity contribution in [1.82, 2.24) is 0 Å². The first-order valence-electron chi connectivity index (χ1n) is 7.50. The van der Waals surface area contributed by atoms with E-state index in [2.05, 4.69) is 36.4 Å². The number of para-hydroxylation sites is 2. The van der Waals surface area contributed by atoms with Crippen LogP contribution in [-0.2, 0) is 10.4 Å². The molecule has 118 valence electrons. The Kier molecular flexibility index (Phi) is 7.98. The van der Waals surface area contributed by atoms with Crippen LogP contribution in [0.5, 0.6) is 11.5 Å². The fourth-order valence-electron chi connectivity index (χ4n) is 2.32. The van der Waals surface area contributed by atoms with Crippen molar-refractivity contribution in [3.8, 4) is 11.5 Å². The van der Waals surface area contributed by atoms with Crippen LogP contribution >= 0.6 is 0 Å². The van der Waals surface area contributed by atoms with Gasteiger partial charge in [-0.15, -0.1) is 0 Å². The molecule has 2 aromatic rings. The van der Waals surface area contributed by atoms with Gasteiger partial charge in [-0.1, -0.05) is 0 Å². The van der Waals surface area contributed by atoms with Crippen molar-refractivity contribution >= 4 is 31.5 Å². The molecule has 0 heterocycles. The summed E-state index contributed by atoms with van der Waals surface area (Å²) in [6.07, 6.45) is 0. The maximum atomic E-state index is 5.42. The van der Waals surface area contributed by atoms with Crippen LogP contribution in [0.4, 0.5) is 0 Å². The van der Waals surface area contributed by atoms with Crippen LogP contribution in [0.25, 0.3) is 0 Å². The molecule has 0 aliphatic rings. The summed E-state index contributed by atoms with van der Waals surface area (Å²) >= 11 is 0.226. The Morgan fingerprint density at radius 3 is 1.50 bits per heavy atom. The Bertz CT molecular complexity index is 521. The summed E-state index contributed by atoms with van der Waals surface area (Å²) < 4.78 is 10.8. The molecule has 0 saturated heterocycles. The van der Waals surface area contributed by atoms with Gasteiger partial charge < -0.3 is 0 Å². The van der Waals surface area contributed by atoms with Crippen LogP contribution in [0.3, 0.4) is 0 Å². The Balaban J connectivity index is 1.67. The first-order chi connectivity index (χ1) is 10.8. The number of hydrogen-bond acceptors (Lipinski definition) is 2. The SMILES string of the molecule is COc1ccccc1C[AsH]CC[AsH]Cc1ccccc1OC. The molecule has 0 radical (unpaired) electrons. The summed E-state index contributed by atoms with van der Waals surface area (Å²) in [5, 5.41) is 5.36. The average molecular weight is 422 g/mol. The second kappa shape index (κ2) is 10.0. The Morgan fingerprint density at radius 2 is 1.09 bits per heavy atom. The molecule has 2 atom stereocenters. The third kappa shape index (κ3) is 5.41. The zero-order chi connectivity index (χ0) is 15.6. The summed E-state index contributed by atoms with van der Waals surface area (Å²) in [5.41, 5.74) is 2.77. The van der Waals surface area contributed by atoms with Crippen molar-refractivity contribution in [3.05, 3.63) is 59.7 Å². The van der Waals surface area contributed by atoms with Crippen molar-refractivity contribution in [2.24, 2.45) is 0 Å². The minimum atomic E-state index is 0.113. The normalized spacial score (nSPS) is 11.5. The van der Waals surface area contributed by atoms with Gasteiger partial charge in [-0.2, -0.15) is 0 Å². The average Bonchev–Trinajstić information content (AvgIpc) is 2.58. The third-order valence-corrected chi connectivity index (χ3v) is 10.9. The van der Waals surface area contributed by atoms with Crippen LogP contribution in [0.2, 0.25) is 10.4 Å². The molecule has 2 unspecified atom stereocenters. The predicted molar refractivity (Wildman–Crippen MR) is 97.3 cm³/mol. The maximum absolute atomic E-state index is 5.42. The summed E-state index contributed by atoms with van der Waals surface area (Å²) in [6.45, 7) is 0. The van der Waals surface area contributed by atoms with Crippen LogP contribution in [0.1, 0.15) is 11.1 Å². The minimum absolute atomic E-state index is 0.113. The molecule has 0 saturated carbocycles. The van der Waals surface area contributed by atoms with Crippen LogP contribution in [0, 0.1) is 0 Å². The van der Waals surface area contributed by atoms with Crippen molar-refractivity contribution in [2.45, 2.75) is 20.8 Å². The molecule has 2 aromatic carbocycles. The van der Waals surface area contributed by atoms with Crippen LogP contribution < -0.4 is 9.47 Å². The van der Waals surface area contributed by atoms with E-state index in [0.29, 0.717) is 0 Å². The van der Waals surface area contributed by atoms with Gasteiger partial charge in [0, 0.05) is 0 Å². The second-order valence-corrected chi connectivity index (χ2v) is 10.7. The molecule has 22 heavy (non-hydrogen) atoms. The van der Waals surface area contributed by atoms with Gasteiger partial charge in [-0.05, 0) is 0 Å². The summed E-state index contributed by atoms with van der Waals surface area (Å²) in [5.74, 6) is 2.10. The van der Waals surface area contributed by atoms with E-state index in [-0.39, 0.29) is 31.5 Å². The molecule has 0 aliphatic heterocycles. The molecule has 0 spiro atoms. The number of hydrogen-bond donors (Lipinski definition) is 0. The van der Waals surface area contributed by atoms with Gasteiger partial charge in [0.1, 0.15) is 0 Å². The van der Waals surface area contributed by atoms with Crippen molar-refractivity contribution in [2.75, 3.05) is 14.2 Å². The van der Waals surface area contributed by atoms with E-state index in [1.54, 1.807) is 14.2 Å². The third-order valence-electron chi connectivity index (χ3n) is 3.49. The quantitative estimate of drug-likeness (QED) is 0.457. The Hall–Kier alpha value is -0.843. The van der Waals surface area contributed by atoms with Gasteiger partial charge in [0.05, 0.1) is 0 Å². The zero-order valence-electron chi connectivity index (χ0n) is 13.3. The molecule has 4 heteroatoms. The van der Waals surface area contributed by atoms with E-state index < -0.39 is 0 Å². The van der Waals surface area contributed by atoms with Crippen molar-refractivity contribution in [3.63, 3.8) is 0 Å². The summed E-state index contributed by atoms with van der Waals surface area (Å²) in [7, 11) is 3.52. The number of methoxy groups -OCH3 is 2. The monoisotopic (exact) mass is 422 g/mol. The van der Waals surface area contributed by atoms with Gasteiger partial charge in [-0.25, -0.2) is 0 Å². The van der Waals surface area contributed by atoms with Crippen molar-refractivity contribution in [1.29, 1.82) is 0 Å². The van der Waals surface area contributed by atoms with E-state index in [4.69, 9.17) is 9.47 Å². The molecular weight excluding hydrogens is 398 g/mol. The first kappa shape index (κ1) is 17.5. The topological polar surface area (TPSA) is 18.5 Å². The molecule has 2 nitrogen and oxygen atoms in total. The van der Waals surface area contributed by atoms with Gasteiger partial charge in [0.2, 0.25) is 0 Å². The Morgan fingerprint density at radius 1 is 0.682 bits per heavy atom. The van der Waals surface area contributed by atoms with E-state index >= 15 is 0 Å². The molecular formula is C18H24As2O2. The number of rotatable bonds is 9. The second-order valence-electron chi connectivity index (χ2n) is 4.98. The van der Waals surface area contributed by atoms with Gasteiger partial charge in [0.25, 0.3) is 0 Å². The molecule has 2 rings (SSSR count). The number of benzene rings is 2. The molecule has 0 fully saturated rings. The Labute approximate surface area is 147 Å². The fourth-order valence-corrected chi connectivity index (χ4v) is 10.0. The molecule has 0 bridgehead atoms. The van der Waals surface area contributed by atoms with Crippen molar-refractivity contribution < 1.29 is 9.47 Å². The molecule has 0 aromatic heterocycles. The van der Waals surface area contributed by atoms with Gasteiger partial charge in [0.15, 0.2) is 0 Å². The summed E-state index contributed by atoms with van der Waals surface area (Å²) in [4.78, 5) is 0. The number of ether oxygens (including phenoxy) is 2. The van der Waals surface area contributed by atoms with Crippen LogP contribution in [0.15, 0.2) is 48.5 Å². The van der Waals surface area contributed by atoms with E-state index in [1.807, 2.05) is 12.1 Å². The summed E-state index contributed by atoms with van der Waals surface area (Å²) in [6, 6.07) is 16.8. The first-order valence-corrected chi connectivity index (χ1v) is 13.4. The molecule has 0 aliphatic carbocycles. The molecule has 0 amide bonds. The zero-order valence-corrected chi connectivity index (χ0v) is 17.5. The molecule has 0 N–H and O–H groups in total. The van der Waals surface area contributed by atoms with E-state index in [0.717, 1.165) is 11.5 Å². The van der Waals surface area contributed by atoms with Crippen LogP contribution in [-0.4, -0.2) is 45.7 Å². The van der Waals surface area contributed by atoms with Gasteiger partial charge >= 0.3 is 147 Å². The predicted octanol–water partition coefficient (Wildman–Crippen LogP) is 3.11. The van der Waals surface area contributed by atoms with E-state index in [9.17, 15) is 0 Å². The van der Waals surface area contributed by atoms with Gasteiger partial charge in [-0.3, -0.25) is 0 Å². The fraction of sp³-hybridized carbons (Fsp3) is 0.333.